The Hall–Kier alpha value is -4.44. The number of aromatic nitrogens is 3. The predicted molar refractivity (Wildman–Crippen MR) is 181 cm³/mol. The zero-order chi connectivity index (χ0) is 32.3. The van der Waals surface area contributed by atoms with Gasteiger partial charge in [0.1, 0.15) is 0 Å². The first kappa shape index (κ1) is 31.5. The number of ether oxygens (including phenoxy) is 1. The van der Waals surface area contributed by atoms with E-state index in [2.05, 4.69) is 64.5 Å². The number of pyridine rings is 1. The number of aryl methyl sites for hydroxylation is 1. The molecule has 0 saturated carbocycles. The molecule has 4 heterocycles. The molecule has 1 N–H and O–H groups in total. The van der Waals surface area contributed by atoms with E-state index in [1.807, 2.05) is 55.4 Å². The maximum atomic E-state index is 13.2. The molecule has 0 spiro atoms. The van der Waals surface area contributed by atoms with Gasteiger partial charge in [-0.05, 0) is 102 Å². The van der Waals surface area contributed by atoms with Crippen LogP contribution in [0.3, 0.4) is 0 Å². The van der Waals surface area contributed by atoms with Crippen molar-refractivity contribution in [2.75, 3.05) is 57.1 Å². The van der Waals surface area contributed by atoms with Crippen molar-refractivity contribution in [1.29, 1.82) is 0 Å². The zero-order valence-electron chi connectivity index (χ0n) is 27.4. The van der Waals surface area contributed by atoms with Crippen LogP contribution in [0.2, 0.25) is 0 Å². The molecule has 2 aliphatic heterocycles. The van der Waals surface area contributed by atoms with E-state index in [0.29, 0.717) is 24.5 Å². The summed E-state index contributed by atoms with van der Waals surface area (Å²) in [5.74, 6) is 0.392. The minimum Gasteiger partial charge on any atom is -0.466 e. The van der Waals surface area contributed by atoms with Gasteiger partial charge in [0.05, 0.1) is 18.7 Å². The minimum atomic E-state index is -0.266. The highest BCUT2D eigenvalue weighted by molar-refractivity contribution is 5.94. The van der Waals surface area contributed by atoms with E-state index in [9.17, 15) is 9.59 Å². The summed E-state index contributed by atoms with van der Waals surface area (Å²) in [7, 11) is 4.04. The summed E-state index contributed by atoms with van der Waals surface area (Å²) in [6.07, 6.45) is 5.93. The lowest BCUT2D eigenvalue weighted by atomic mass is 9.70. The SMILES string of the molecule is CCOC(=O)CC1(c2ccc(C)cc2)CCN(c2cccn3nc(Nc4ccc(C(=O)N(C)C5CCN(C)CC5)cc4)nc23)CC1. The molecule has 0 radical (unpaired) electrons. The van der Waals surface area contributed by atoms with Crippen LogP contribution in [-0.2, 0) is 14.9 Å². The number of rotatable bonds is 9. The summed E-state index contributed by atoms with van der Waals surface area (Å²) >= 11 is 0. The molecule has 46 heavy (non-hydrogen) atoms. The number of hydrogen-bond acceptors (Lipinski definition) is 8. The summed E-state index contributed by atoms with van der Waals surface area (Å²) < 4.78 is 7.19. The Bertz CT molecular complexity index is 1650. The zero-order valence-corrected chi connectivity index (χ0v) is 27.4. The first-order valence-corrected chi connectivity index (χ1v) is 16.4. The number of esters is 1. The number of carbonyl (C=O) groups excluding carboxylic acids is 2. The van der Waals surface area contributed by atoms with Crippen molar-refractivity contribution in [2.45, 2.75) is 57.4 Å². The van der Waals surface area contributed by atoms with Crippen molar-refractivity contribution >= 4 is 34.8 Å². The Balaban J connectivity index is 1.14. The molecular weight excluding hydrogens is 578 g/mol. The summed E-state index contributed by atoms with van der Waals surface area (Å²) in [5.41, 5.74) is 5.40. The second kappa shape index (κ2) is 13.5. The molecule has 0 unspecified atom stereocenters. The van der Waals surface area contributed by atoms with Gasteiger partial charge in [-0.3, -0.25) is 9.59 Å². The van der Waals surface area contributed by atoms with Crippen molar-refractivity contribution < 1.29 is 14.3 Å². The molecule has 6 rings (SSSR count). The van der Waals surface area contributed by atoms with Crippen LogP contribution in [0, 0.1) is 6.92 Å². The fraction of sp³-hybridized carbons (Fsp3) is 0.444. The third kappa shape index (κ3) is 6.72. The van der Waals surface area contributed by atoms with Crippen LogP contribution in [0.5, 0.6) is 0 Å². The molecule has 4 aromatic rings. The van der Waals surface area contributed by atoms with Gasteiger partial charge in [0.2, 0.25) is 5.95 Å². The molecule has 10 nitrogen and oxygen atoms in total. The number of piperidine rings is 2. The van der Waals surface area contributed by atoms with E-state index < -0.39 is 0 Å². The average molecular weight is 624 g/mol. The Morgan fingerprint density at radius 1 is 1.00 bits per heavy atom. The highest BCUT2D eigenvalue weighted by Gasteiger charge is 2.39. The molecular formula is C36H45N7O3. The summed E-state index contributed by atoms with van der Waals surface area (Å²) in [5, 5.41) is 8.00. The van der Waals surface area contributed by atoms with Crippen LogP contribution < -0.4 is 10.2 Å². The normalized spacial score (nSPS) is 17.2. The number of nitrogens with zero attached hydrogens (tertiary/aromatic N) is 6. The topological polar surface area (TPSA) is 95.3 Å². The van der Waals surface area contributed by atoms with Gasteiger partial charge in [-0.15, -0.1) is 5.10 Å². The number of amides is 1. The van der Waals surface area contributed by atoms with Gasteiger partial charge in [0.25, 0.3) is 5.91 Å². The number of carbonyl (C=O) groups is 2. The molecule has 0 bridgehead atoms. The van der Waals surface area contributed by atoms with Gasteiger partial charge in [0.15, 0.2) is 5.65 Å². The predicted octanol–water partition coefficient (Wildman–Crippen LogP) is 5.44. The third-order valence-corrected chi connectivity index (χ3v) is 9.80. The fourth-order valence-electron chi connectivity index (χ4n) is 6.91. The smallest absolute Gasteiger partial charge is 0.306 e. The van der Waals surface area contributed by atoms with E-state index >= 15 is 0 Å². The quantitative estimate of drug-likeness (QED) is 0.247. The standard InChI is InChI=1S/C36H45N7O3/c1-5-46-32(44)25-36(28-12-8-26(2)9-13-28)18-23-42(24-19-36)31-7-6-20-43-33(31)38-35(39-43)37-29-14-10-27(11-15-29)34(45)41(4)30-16-21-40(3)22-17-30/h6-15,20,30H,5,16-19,21-25H2,1-4H3,(H,37,39). The maximum absolute atomic E-state index is 13.2. The molecule has 0 aliphatic carbocycles. The minimum absolute atomic E-state index is 0.0479. The summed E-state index contributed by atoms with van der Waals surface area (Å²) in [6, 6.07) is 20.5. The van der Waals surface area contributed by atoms with E-state index in [1.54, 1.807) is 4.52 Å². The Kier molecular flexibility index (Phi) is 9.26. The lowest BCUT2D eigenvalue weighted by molar-refractivity contribution is -0.144. The van der Waals surface area contributed by atoms with Crippen molar-refractivity contribution in [3.05, 3.63) is 83.6 Å². The number of benzene rings is 2. The second-order valence-electron chi connectivity index (χ2n) is 12.9. The van der Waals surface area contributed by atoms with Gasteiger partial charge < -0.3 is 24.8 Å². The number of anilines is 3. The van der Waals surface area contributed by atoms with Crippen LogP contribution in [-0.4, -0.2) is 89.2 Å². The monoisotopic (exact) mass is 623 g/mol. The van der Waals surface area contributed by atoms with Gasteiger partial charge in [-0.25, -0.2) is 4.52 Å². The Labute approximate surface area is 271 Å². The maximum Gasteiger partial charge on any atom is 0.306 e. The van der Waals surface area contributed by atoms with Gasteiger partial charge in [-0.2, -0.15) is 4.98 Å². The Morgan fingerprint density at radius 3 is 2.37 bits per heavy atom. The molecule has 1 amide bonds. The molecule has 2 aliphatic rings. The molecule has 2 aromatic heterocycles. The largest absolute Gasteiger partial charge is 0.466 e. The van der Waals surface area contributed by atoms with Gasteiger partial charge in [0, 0.05) is 49.0 Å². The van der Waals surface area contributed by atoms with Crippen LogP contribution in [0.25, 0.3) is 5.65 Å². The second-order valence-corrected chi connectivity index (χ2v) is 12.9. The van der Waals surface area contributed by atoms with Gasteiger partial charge in [-0.1, -0.05) is 29.8 Å². The summed E-state index contributed by atoms with van der Waals surface area (Å²) in [6.45, 7) is 7.92. The summed E-state index contributed by atoms with van der Waals surface area (Å²) in [4.78, 5) is 37.3. The molecule has 2 fully saturated rings. The molecule has 2 aromatic carbocycles. The van der Waals surface area contributed by atoms with E-state index in [-0.39, 0.29) is 23.3 Å². The first-order valence-electron chi connectivity index (χ1n) is 16.4. The van der Waals surface area contributed by atoms with Crippen molar-refractivity contribution in [2.24, 2.45) is 0 Å². The van der Waals surface area contributed by atoms with Crippen molar-refractivity contribution in [3.8, 4) is 0 Å². The lowest BCUT2D eigenvalue weighted by Gasteiger charge is -2.42. The molecule has 242 valence electrons. The van der Waals surface area contributed by atoms with E-state index in [1.165, 1.54) is 11.1 Å². The van der Waals surface area contributed by atoms with Crippen LogP contribution >= 0.6 is 0 Å². The number of nitrogens with one attached hydrogen (secondary N) is 1. The number of fused-ring (bicyclic) bond motifs is 1. The Morgan fingerprint density at radius 2 is 1.70 bits per heavy atom. The van der Waals surface area contributed by atoms with E-state index in [0.717, 1.165) is 68.9 Å². The van der Waals surface area contributed by atoms with Crippen molar-refractivity contribution in [3.63, 3.8) is 0 Å². The molecule has 10 heteroatoms. The third-order valence-electron chi connectivity index (χ3n) is 9.80. The molecule has 0 atom stereocenters. The van der Waals surface area contributed by atoms with Crippen molar-refractivity contribution in [1.82, 2.24) is 24.4 Å². The number of likely N-dealkylation sites (tertiary alicyclic amines) is 1. The molecule has 2 saturated heterocycles. The lowest BCUT2D eigenvalue weighted by Crippen LogP contribution is -2.44. The van der Waals surface area contributed by atoms with Crippen LogP contribution in [0.1, 0.15) is 60.5 Å². The highest BCUT2D eigenvalue weighted by Crippen LogP contribution is 2.41. The number of hydrogen-bond donors (Lipinski definition) is 1. The highest BCUT2D eigenvalue weighted by atomic mass is 16.5. The average Bonchev–Trinajstić information content (AvgIpc) is 3.48. The van der Waals surface area contributed by atoms with E-state index in [4.69, 9.17) is 9.72 Å². The van der Waals surface area contributed by atoms with Gasteiger partial charge >= 0.3 is 5.97 Å². The van der Waals surface area contributed by atoms with Crippen LogP contribution in [0.4, 0.5) is 17.3 Å². The fourth-order valence-corrected chi connectivity index (χ4v) is 6.91. The van der Waals surface area contributed by atoms with Crippen LogP contribution in [0.15, 0.2) is 66.9 Å². The first-order chi connectivity index (χ1) is 22.2.